The topological polar surface area (TPSA) is 55.8 Å². The van der Waals surface area contributed by atoms with Gasteiger partial charge < -0.3 is 14.4 Å². The largest absolute Gasteiger partial charge is 0.469 e. The average molecular weight is 283 g/mol. The van der Waals surface area contributed by atoms with Gasteiger partial charge in [-0.25, -0.2) is 0 Å². The second kappa shape index (κ2) is 6.57. The fraction of sp³-hybridized carbons (Fsp3) is 0.867. The Morgan fingerprint density at radius 1 is 1.30 bits per heavy atom. The molecular formula is C15H25NO4. The molecule has 0 bridgehead atoms. The van der Waals surface area contributed by atoms with Gasteiger partial charge in [0.2, 0.25) is 5.91 Å². The Balaban J connectivity index is 1.94. The highest BCUT2D eigenvalue weighted by Crippen LogP contribution is 2.37. The van der Waals surface area contributed by atoms with E-state index in [4.69, 9.17) is 4.74 Å². The summed E-state index contributed by atoms with van der Waals surface area (Å²) < 4.78 is 10.2. The molecule has 0 spiro atoms. The summed E-state index contributed by atoms with van der Waals surface area (Å²) in [6.07, 6.45) is 5.45. The summed E-state index contributed by atoms with van der Waals surface area (Å²) >= 11 is 0. The standard InChI is InChI=1S/C15H25NO4/c1-15(6-4-3-5-7-15)14(18)16-8-9-20-12(11-16)10-13(17)19-2/h12H,3-11H2,1-2H3. The molecule has 2 rings (SSSR count). The summed E-state index contributed by atoms with van der Waals surface area (Å²) in [5.41, 5.74) is -0.217. The second-order valence-electron chi connectivity index (χ2n) is 6.15. The summed E-state index contributed by atoms with van der Waals surface area (Å²) in [5.74, 6) is -0.0523. The van der Waals surface area contributed by atoms with Gasteiger partial charge in [-0.3, -0.25) is 9.59 Å². The summed E-state index contributed by atoms with van der Waals surface area (Å²) in [6, 6.07) is 0. The Morgan fingerprint density at radius 2 is 2.00 bits per heavy atom. The fourth-order valence-corrected chi connectivity index (χ4v) is 3.22. The van der Waals surface area contributed by atoms with Gasteiger partial charge in [-0.2, -0.15) is 0 Å². The zero-order valence-electron chi connectivity index (χ0n) is 12.5. The number of carbonyl (C=O) groups excluding carboxylic acids is 2. The number of hydrogen-bond acceptors (Lipinski definition) is 4. The SMILES string of the molecule is COC(=O)CC1CN(C(=O)C2(C)CCCCC2)CCO1. The first-order valence-electron chi connectivity index (χ1n) is 7.53. The van der Waals surface area contributed by atoms with Crippen LogP contribution in [-0.4, -0.2) is 49.7 Å². The minimum atomic E-state index is -0.284. The van der Waals surface area contributed by atoms with Crippen molar-refractivity contribution in [2.75, 3.05) is 26.8 Å². The Bertz CT molecular complexity index is 363. The monoisotopic (exact) mass is 283 g/mol. The maximum absolute atomic E-state index is 12.7. The van der Waals surface area contributed by atoms with Crippen LogP contribution in [-0.2, 0) is 19.1 Å². The van der Waals surface area contributed by atoms with Crippen LogP contribution in [0.15, 0.2) is 0 Å². The third-order valence-corrected chi connectivity index (χ3v) is 4.52. The summed E-state index contributed by atoms with van der Waals surface area (Å²) in [4.78, 5) is 25.9. The second-order valence-corrected chi connectivity index (χ2v) is 6.15. The molecule has 0 radical (unpaired) electrons. The number of amides is 1. The van der Waals surface area contributed by atoms with Crippen molar-refractivity contribution < 1.29 is 19.1 Å². The van der Waals surface area contributed by atoms with Gasteiger partial charge in [-0.15, -0.1) is 0 Å². The molecular weight excluding hydrogens is 258 g/mol. The first-order chi connectivity index (χ1) is 9.55. The zero-order chi connectivity index (χ0) is 14.6. The third kappa shape index (κ3) is 3.51. The normalized spacial score (nSPS) is 26.1. The highest BCUT2D eigenvalue weighted by atomic mass is 16.5. The van der Waals surface area contributed by atoms with Crippen LogP contribution in [0.5, 0.6) is 0 Å². The molecule has 1 unspecified atom stereocenters. The first kappa shape index (κ1) is 15.3. The summed E-state index contributed by atoms with van der Waals surface area (Å²) in [7, 11) is 1.37. The molecule has 5 nitrogen and oxygen atoms in total. The van der Waals surface area contributed by atoms with Gasteiger partial charge in [0.05, 0.1) is 26.2 Å². The summed E-state index contributed by atoms with van der Waals surface area (Å²) in [5, 5.41) is 0. The van der Waals surface area contributed by atoms with E-state index in [9.17, 15) is 9.59 Å². The van der Waals surface area contributed by atoms with Crippen LogP contribution in [0.2, 0.25) is 0 Å². The average Bonchev–Trinajstić information content (AvgIpc) is 2.47. The number of hydrogen-bond donors (Lipinski definition) is 0. The molecule has 2 aliphatic rings. The van der Waals surface area contributed by atoms with Gasteiger partial charge in [-0.05, 0) is 12.8 Å². The molecule has 2 fully saturated rings. The van der Waals surface area contributed by atoms with Crippen LogP contribution in [0.4, 0.5) is 0 Å². The molecule has 5 heteroatoms. The number of esters is 1. The lowest BCUT2D eigenvalue weighted by atomic mass is 9.74. The van der Waals surface area contributed by atoms with Crippen LogP contribution < -0.4 is 0 Å². The molecule has 0 aromatic heterocycles. The van der Waals surface area contributed by atoms with E-state index in [1.807, 2.05) is 4.90 Å². The van der Waals surface area contributed by atoms with Gasteiger partial charge in [0.15, 0.2) is 0 Å². The van der Waals surface area contributed by atoms with Crippen molar-refractivity contribution in [1.82, 2.24) is 4.90 Å². The Morgan fingerprint density at radius 3 is 2.65 bits per heavy atom. The van der Waals surface area contributed by atoms with E-state index in [-0.39, 0.29) is 29.8 Å². The van der Waals surface area contributed by atoms with E-state index in [2.05, 4.69) is 11.7 Å². The molecule has 1 heterocycles. The molecule has 1 amide bonds. The molecule has 1 saturated carbocycles. The van der Waals surface area contributed by atoms with E-state index in [0.29, 0.717) is 19.7 Å². The van der Waals surface area contributed by atoms with Crippen LogP contribution in [0, 0.1) is 5.41 Å². The minimum Gasteiger partial charge on any atom is -0.469 e. The van der Waals surface area contributed by atoms with Crippen molar-refractivity contribution in [3.8, 4) is 0 Å². The quantitative estimate of drug-likeness (QED) is 0.740. The molecule has 20 heavy (non-hydrogen) atoms. The number of nitrogens with zero attached hydrogens (tertiary/aromatic N) is 1. The Labute approximate surface area is 120 Å². The van der Waals surface area contributed by atoms with Crippen molar-refractivity contribution >= 4 is 11.9 Å². The van der Waals surface area contributed by atoms with Crippen LogP contribution in [0.1, 0.15) is 45.4 Å². The minimum absolute atomic E-state index is 0.217. The van der Waals surface area contributed by atoms with E-state index >= 15 is 0 Å². The van der Waals surface area contributed by atoms with Crippen LogP contribution >= 0.6 is 0 Å². The van der Waals surface area contributed by atoms with Crippen molar-refractivity contribution in [2.45, 2.75) is 51.6 Å². The van der Waals surface area contributed by atoms with Gasteiger partial charge >= 0.3 is 5.97 Å². The molecule has 114 valence electrons. The molecule has 0 aromatic rings. The van der Waals surface area contributed by atoms with Crippen molar-refractivity contribution in [3.05, 3.63) is 0 Å². The molecule has 1 atom stereocenters. The van der Waals surface area contributed by atoms with E-state index in [1.165, 1.54) is 13.5 Å². The molecule has 1 aliphatic heterocycles. The van der Waals surface area contributed by atoms with Gasteiger partial charge in [-0.1, -0.05) is 26.2 Å². The highest BCUT2D eigenvalue weighted by molar-refractivity contribution is 5.82. The number of methoxy groups -OCH3 is 1. The zero-order valence-corrected chi connectivity index (χ0v) is 12.5. The van der Waals surface area contributed by atoms with Crippen molar-refractivity contribution in [1.29, 1.82) is 0 Å². The predicted molar refractivity (Wildman–Crippen MR) is 74.1 cm³/mol. The Kier molecular flexibility index (Phi) is 5.02. The maximum atomic E-state index is 12.7. The van der Waals surface area contributed by atoms with Crippen molar-refractivity contribution in [3.63, 3.8) is 0 Å². The molecule has 0 aromatic carbocycles. The molecule has 0 N–H and O–H groups in total. The summed E-state index contributed by atoms with van der Waals surface area (Å²) in [6.45, 7) is 3.72. The van der Waals surface area contributed by atoms with Crippen LogP contribution in [0.25, 0.3) is 0 Å². The van der Waals surface area contributed by atoms with Gasteiger partial charge in [0.1, 0.15) is 0 Å². The highest BCUT2D eigenvalue weighted by Gasteiger charge is 2.39. The smallest absolute Gasteiger partial charge is 0.308 e. The first-order valence-corrected chi connectivity index (χ1v) is 7.53. The number of morpholine rings is 1. The lowest BCUT2D eigenvalue weighted by Crippen LogP contribution is -2.51. The number of ether oxygens (including phenoxy) is 2. The van der Waals surface area contributed by atoms with Crippen molar-refractivity contribution in [2.24, 2.45) is 5.41 Å². The number of rotatable bonds is 3. The van der Waals surface area contributed by atoms with Gasteiger partial charge in [0, 0.05) is 18.5 Å². The Hall–Kier alpha value is -1.10. The van der Waals surface area contributed by atoms with Crippen LogP contribution in [0.3, 0.4) is 0 Å². The van der Waals surface area contributed by atoms with E-state index in [1.54, 1.807) is 0 Å². The maximum Gasteiger partial charge on any atom is 0.308 e. The lowest BCUT2D eigenvalue weighted by Gasteiger charge is -2.40. The molecule has 1 saturated heterocycles. The lowest BCUT2D eigenvalue weighted by molar-refractivity contribution is -0.155. The van der Waals surface area contributed by atoms with E-state index < -0.39 is 0 Å². The predicted octanol–water partition coefficient (Wildman–Crippen LogP) is 1.75. The third-order valence-electron chi connectivity index (χ3n) is 4.52. The fourth-order valence-electron chi connectivity index (χ4n) is 3.22. The number of carbonyl (C=O) groups is 2. The molecule has 1 aliphatic carbocycles. The van der Waals surface area contributed by atoms with E-state index in [0.717, 1.165) is 25.7 Å². The van der Waals surface area contributed by atoms with Gasteiger partial charge in [0.25, 0.3) is 0 Å².